The van der Waals surface area contributed by atoms with E-state index >= 15 is 0 Å². The van der Waals surface area contributed by atoms with Crippen molar-refractivity contribution in [2.45, 2.75) is 13.1 Å². The first-order valence-electron chi connectivity index (χ1n) is 6.20. The van der Waals surface area contributed by atoms with Gasteiger partial charge in [-0.1, -0.05) is 60.7 Å². The molecule has 0 aromatic heterocycles. The lowest BCUT2D eigenvalue weighted by Crippen LogP contribution is -2.41. The summed E-state index contributed by atoms with van der Waals surface area (Å²) in [7, 11) is 3.88. The minimum atomic E-state index is 0.550. The Hall–Kier alpha value is -1.64. The molecule has 0 heterocycles. The number of quaternary nitrogens is 1. The summed E-state index contributed by atoms with van der Waals surface area (Å²) < 4.78 is 0.550. The Balaban J connectivity index is 2.11. The number of rotatable bonds is 5. The number of benzene rings is 2. The molecule has 0 amide bonds. The molecule has 0 aliphatic rings. The maximum atomic E-state index is 5.68. The van der Waals surface area contributed by atoms with Crippen LogP contribution in [-0.4, -0.2) is 18.8 Å². The molecule has 0 spiro atoms. The van der Waals surface area contributed by atoms with Crippen molar-refractivity contribution in [1.29, 1.82) is 0 Å². The summed E-state index contributed by atoms with van der Waals surface area (Å²) in [5, 5.41) is 0. The molecule has 0 aliphatic heterocycles. The number of hydrogen-bond acceptors (Lipinski definition) is 1. The van der Waals surface area contributed by atoms with Crippen LogP contribution in [0.2, 0.25) is 0 Å². The van der Waals surface area contributed by atoms with Crippen LogP contribution < -0.4 is 0 Å². The van der Waals surface area contributed by atoms with Gasteiger partial charge in [0.2, 0.25) is 0 Å². The maximum absolute atomic E-state index is 5.68. The van der Waals surface area contributed by atoms with E-state index in [1.54, 1.807) is 7.11 Å². The largest absolute Gasteiger partial charge is 0.206 e. The molecular formula is C16H20NO+. The van der Waals surface area contributed by atoms with Gasteiger partial charge in [-0.2, -0.15) is 4.65 Å². The van der Waals surface area contributed by atoms with Crippen molar-refractivity contribution < 1.29 is 9.48 Å². The molecule has 0 saturated heterocycles. The van der Waals surface area contributed by atoms with Gasteiger partial charge >= 0.3 is 0 Å². The van der Waals surface area contributed by atoms with E-state index < -0.39 is 0 Å². The van der Waals surface area contributed by atoms with Crippen LogP contribution in [0.25, 0.3) is 0 Å². The zero-order valence-corrected chi connectivity index (χ0v) is 11.0. The first-order chi connectivity index (χ1) is 8.72. The molecule has 0 unspecified atom stereocenters. The van der Waals surface area contributed by atoms with E-state index in [2.05, 4.69) is 55.6 Å². The smallest absolute Gasteiger partial charge is 0.134 e. The Labute approximate surface area is 109 Å². The van der Waals surface area contributed by atoms with E-state index in [0.717, 1.165) is 13.1 Å². The van der Waals surface area contributed by atoms with Crippen LogP contribution in [0.5, 0.6) is 0 Å². The van der Waals surface area contributed by atoms with Gasteiger partial charge in [-0.25, -0.2) is 4.84 Å². The SMILES string of the molecule is CO[N+](C)(Cc1ccccc1)Cc1ccccc1. The Kier molecular flexibility index (Phi) is 4.13. The Morgan fingerprint density at radius 2 is 1.17 bits per heavy atom. The minimum absolute atomic E-state index is 0.550. The summed E-state index contributed by atoms with van der Waals surface area (Å²) in [6.45, 7) is 1.73. The standard InChI is InChI=1S/C16H20NO/c1-17(18-2,13-15-9-5-3-6-10-15)14-16-11-7-4-8-12-16/h3-12H,13-14H2,1-2H3/q+1. The molecule has 0 atom stereocenters. The van der Waals surface area contributed by atoms with Gasteiger partial charge in [0.15, 0.2) is 0 Å². The normalized spacial score (nSPS) is 11.4. The third kappa shape index (κ3) is 3.42. The minimum Gasteiger partial charge on any atom is -0.206 e. The fraction of sp³-hybridized carbons (Fsp3) is 0.250. The Morgan fingerprint density at radius 3 is 1.50 bits per heavy atom. The summed E-state index contributed by atoms with van der Waals surface area (Å²) in [6, 6.07) is 20.9. The molecule has 2 nitrogen and oxygen atoms in total. The predicted octanol–water partition coefficient (Wildman–Crippen LogP) is 3.39. The van der Waals surface area contributed by atoms with E-state index in [9.17, 15) is 0 Å². The number of hydrogen-bond donors (Lipinski definition) is 0. The second-order valence-electron chi connectivity index (χ2n) is 4.77. The molecule has 0 radical (unpaired) electrons. The molecular weight excluding hydrogens is 222 g/mol. The fourth-order valence-corrected chi connectivity index (χ4v) is 2.12. The zero-order chi connectivity index (χ0) is 12.8. The van der Waals surface area contributed by atoms with Crippen LogP contribution in [-0.2, 0) is 17.9 Å². The van der Waals surface area contributed by atoms with Crippen molar-refractivity contribution in [3.8, 4) is 0 Å². The van der Waals surface area contributed by atoms with Crippen molar-refractivity contribution in [2.24, 2.45) is 0 Å². The third-order valence-electron chi connectivity index (χ3n) is 3.16. The molecule has 0 bridgehead atoms. The molecule has 2 rings (SSSR count). The Morgan fingerprint density at radius 1 is 0.778 bits per heavy atom. The van der Waals surface area contributed by atoms with E-state index in [4.69, 9.17) is 4.84 Å². The molecule has 2 aromatic rings. The predicted molar refractivity (Wildman–Crippen MR) is 73.5 cm³/mol. The highest BCUT2D eigenvalue weighted by atomic mass is 16.7. The Bertz CT molecular complexity index is 425. The van der Waals surface area contributed by atoms with Crippen molar-refractivity contribution in [3.63, 3.8) is 0 Å². The molecule has 94 valence electrons. The highest BCUT2D eigenvalue weighted by Gasteiger charge is 2.23. The third-order valence-corrected chi connectivity index (χ3v) is 3.16. The van der Waals surface area contributed by atoms with Crippen molar-refractivity contribution in [3.05, 3.63) is 71.8 Å². The van der Waals surface area contributed by atoms with Crippen molar-refractivity contribution in [1.82, 2.24) is 0 Å². The molecule has 2 aromatic carbocycles. The van der Waals surface area contributed by atoms with Crippen LogP contribution in [0.1, 0.15) is 11.1 Å². The molecule has 0 fully saturated rings. The first-order valence-corrected chi connectivity index (χ1v) is 6.20. The quantitative estimate of drug-likeness (QED) is 0.577. The van der Waals surface area contributed by atoms with E-state index in [1.807, 2.05) is 12.1 Å². The number of hydroxylamine groups is 3. The van der Waals surface area contributed by atoms with E-state index in [1.165, 1.54) is 11.1 Å². The second-order valence-corrected chi connectivity index (χ2v) is 4.77. The monoisotopic (exact) mass is 242 g/mol. The molecule has 18 heavy (non-hydrogen) atoms. The van der Waals surface area contributed by atoms with Crippen LogP contribution >= 0.6 is 0 Å². The van der Waals surface area contributed by atoms with Gasteiger partial charge in [0, 0.05) is 11.1 Å². The molecule has 0 N–H and O–H groups in total. The van der Waals surface area contributed by atoms with Gasteiger partial charge in [-0.3, -0.25) is 0 Å². The average Bonchev–Trinajstić information content (AvgIpc) is 2.41. The maximum Gasteiger partial charge on any atom is 0.134 e. The first kappa shape index (κ1) is 12.8. The fourth-order valence-electron chi connectivity index (χ4n) is 2.12. The van der Waals surface area contributed by atoms with Crippen LogP contribution in [0.15, 0.2) is 60.7 Å². The summed E-state index contributed by atoms with van der Waals surface area (Å²) in [5.74, 6) is 0. The lowest BCUT2D eigenvalue weighted by molar-refractivity contribution is -1.11. The lowest BCUT2D eigenvalue weighted by Gasteiger charge is -2.30. The summed E-state index contributed by atoms with van der Waals surface area (Å²) in [4.78, 5) is 5.68. The summed E-state index contributed by atoms with van der Waals surface area (Å²) in [6.07, 6.45) is 0. The second kappa shape index (κ2) is 5.80. The van der Waals surface area contributed by atoms with Gasteiger partial charge in [0.25, 0.3) is 0 Å². The van der Waals surface area contributed by atoms with E-state index in [0.29, 0.717) is 4.65 Å². The van der Waals surface area contributed by atoms with Gasteiger partial charge < -0.3 is 0 Å². The summed E-state index contributed by atoms with van der Waals surface area (Å²) in [5.41, 5.74) is 2.58. The highest BCUT2D eigenvalue weighted by Crippen LogP contribution is 2.17. The van der Waals surface area contributed by atoms with Gasteiger partial charge in [-0.15, -0.1) is 0 Å². The van der Waals surface area contributed by atoms with Crippen molar-refractivity contribution in [2.75, 3.05) is 14.2 Å². The van der Waals surface area contributed by atoms with Crippen molar-refractivity contribution >= 4 is 0 Å². The van der Waals surface area contributed by atoms with E-state index in [-0.39, 0.29) is 0 Å². The lowest BCUT2D eigenvalue weighted by atomic mass is 10.2. The van der Waals surface area contributed by atoms with Crippen LogP contribution in [0, 0.1) is 0 Å². The molecule has 2 heteroatoms. The molecule has 0 aliphatic carbocycles. The topological polar surface area (TPSA) is 9.23 Å². The van der Waals surface area contributed by atoms with Gasteiger partial charge in [0.1, 0.15) is 13.1 Å². The average molecular weight is 242 g/mol. The summed E-state index contributed by atoms with van der Waals surface area (Å²) >= 11 is 0. The zero-order valence-electron chi connectivity index (χ0n) is 11.0. The van der Waals surface area contributed by atoms with Gasteiger partial charge in [0.05, 0.1) is 14.2 Å². The van der Waals surface area contributed by atoms with Crippen LogP contribution in [0.3, 0.4) is 0 Å². The van der Waals surface area contributed by atoms with Crippen LogP contribution in [0.4, 0.5) is 0 Å². The number of nitrogens with zero attached hydrogens (tertiary/aromatic N) is 1. The van der Waals surface area contributed by atoms with Gasteiger partial charge in [-0.05, 0) is 0 Å². The highest BCUT2D eigenvalue weighted by molar-refractivity contribution is 5.15. The molecule has 0 saturated carbocycles.